The van der Waals surface area contributed by atoms with Gasteiger partial charge in [-0.3, -0.25) is 0 Å². The third-order valence-electron chi connectivity index (χ3n) is 6.67. The van der Waals surface area contributed by atoms with Crippen LogP contribution in [0.3, 0.4) is 0 Å². The van der Waals surface area contributed by atoms with E-state index in [0.717, 1.165) is 62.5 Å². The van der Waals surface area contributed by atoms with E-state index in [1.54, 1.807) is 6.07 Å². The van der Waals surface area contributed by atoms with Gasteiger partial charge in [0, 0.05) is 0 Å². The lowest BCUT2D eigenvalue weighted by molar-refractivity contribution is 0.0207. The molecule has 0 spiro atoms. The maximum absolute atomic E-state index is 13.2. The van der Waals surface area contributed by atoms with Crippen molar-refractivity contribution >= 4 is 11.5 Å². The Labute approximate surface area is 187 Å². The summed E-state index contributed by atoms with van der Waals surface area (Å²) in [5.41, 5.74) is 3.28. The van der Waals surface area contributed by atoms with Crippen LogP contribution >= 0.6 is 0 Å². The zero-order valence-electron chi connectivity index (χ0n) is 19.4. The number of rotatable bonds is 7. The highest BCUT2D eigenvalue weighted by atomic mass is 16.5. The minimum atomic E-state index is -0.463. The molecule has 0 amide bonds. The molecule has 1 aromatic rings. The zero-order chi connectivity index (χ0) is 22.5. The Kier molecular flexibility index (Phi) is 7.85. The maximum atomic E-state index is 13.2. The van der Waals surface area contributed by atoms with Gasteiger partial charge in [0.25, 0.3) is 0 Å². The van der Waals surface area contributed by atoms with E-state index in [0.29, 0.717) is 23.5 Å². The minimum absolute atomic E-state index is 0.0437. The summed E-state index contributed by atoms with van der Waals surface area (Å²) in [5.74, 6) is -0.0264. The number of phenolic OH excluding ortho intramolecular Hbond substituents is 2. The van der Waals surface area contributed by atoms with E-state index in [9.17, 15) is 15.0 Å². The molecule has 31 heavy (non-hydrogen) atoms. The Balaban J connectivity index is 2.05. The van der Waals surface area contributed by atoms with Crippen molar-refractivity contribution in [2.75, 3.05) is 0 Å². The highest BCUT2D eigenvalue weighted by molar-refractivity contribution is 5.97. The molecular weight excluding hydrogens is 388 g/mol. The highest BCUT2D eigenvalue weighted by Crippen LogP contribution is 2.47. The van der Waals surface area contributed by atoms with Gasteiger partial charge < -0.3 is 14.9 Å². The molecule has 2 atom stereocenters. The van der Waals surface area contributed by atoms with E-state index in [-0.39, 0.29) is 29.1 Å². The van der Waals surface area contributed by atoms with Crippen LogP contribution in [0, 0.1) is 11.8 Å². The van der Waals surface area contributed by atoms with Gasteiger partial charge >= 0.3 is 5.97 Å². The molecule has 1 saturated carbocycles. The van der Waals surface area contributed by atoms with Crippen molar-refractivity contribution in [1.29, 1.82) is 0 Å². The fraction of sp³-hybridized carbons (Fsp3) is 0.593. The second-order valence-electron chi connectivity index (χ2n) is 9.60. The van der Waals surface area contributed by atoms with Crippen molar-refractivity contribution < 1.29 is 19.7 Å². The number of aromatic hydroxyl groups is 2. The van der Waals surface area contributed by atoms with E-state index < -0.39 is 5.97 Å². The quantitative estimate of drug-likeness (QED) is 0.366. The molecule has 0 radical (unpaired) electrons. The summed E-state index contributed by atoms with van der Waals surface area (Å²) in [6.45, 7) is 10.2. The van der Waals surface area contributed by atoms with Gasteiger partial charge in [-0.2, -0.15) is 0 Å². The Morgan fingerprint density at radius 1 is 1.16 bits per heavy atom. The molecule has 2 aliphatic rings. The van der Waals surface area contributed by atoms with Gasteiger partial charge in [-0.15, -0.1) is 6.58 Å². The van der Waals surface area contributed by atoms with Crippen LogP contribution in [0.5, 0.6) is 11.5 Å². The van der Waals surface area contributed by atoms with Crippen molar-refractivity contribution in [3.8, 4) is 11.5 Å². The number of esters is 1. The number of carbonyl (C=O) groups is 1. The topological polar surface area (TPSA) is 66.8 Å². The monoisotopic (exact) mass is 426 g/mol. The molecule has 1 unspecified atom stereocenters. The van der Waals surface area contributed by atoms with Crippen LogP contribution in [-0.2, 0) is 11.2 Å². The zero-order valence-corrected chi connectivity index (χ0v) is 19.4. The second-order valence-corrected chi connectivity index (χ2v) is 9.60. The Morgan fingerprint density at radius 3 is 2.52 bits per heavy atom. The summed E-state index contributed by atoms with van der Waals surface area (Å²) in [4.78, 5) is 13.2. The van der Waals surface area contributed by atoms with E-state index >= 15 is 0 Å². The first-order valence-corrected chi connectivity index (χ1v) is 12.0. The average Bonchev–Trinajstić information content (AvgIpc) is 2.70. The van der Waals surface area contributed by atoms with Gasteiger partial charge in [0.2, 0.25) is 0 Å². The first kappa shape index (κ1) is 23.4. The molecule has 1 fully saturated rings. The third-order valence-corrected chi connectivity index (χ3v) is 6.67. The molecule has 0 bridgehead atoms. The number of allylic oxidation sites excluding steroid dienone is 3. The van der Waals surface area contributed by atoms with Gasteiger partial charge in [-0.1, -0.05) is 38.3 Å². The standard InChI is InChI=1S/C27H38O4/c1-5-9-20-16-23(28)25(22-15-18(4)12-13-19(22)14-17(2)3)26(29)24(20)27(30)31-21-10-7-6-8-11-21/h15-16,18-19,21,28-29H,2,5-14H2,1,3-4H3/t18?,19-/m0/s1. The van der Waals surface area contributed by atoms with Crippen LogP contribution in [0.25, 0.3) is 5.57 Å². The molecule has 0 aromatic heterocycles. The number of hydrogen-bond acceptors (Lipinski definition) is 4. The number of aryl methyl sites for hydroxylation is 1. The van der Waals surface area contributed by atoms with Crippen LogP contribution in [0.4, 0.5) is 0 Å². The number of ether oxygens (including phenoxy) is 1. The highest BCUT2D eigenvalue weighted by Gasteiger charge is 2.31. The summed E-state index contributed by atoms with van der Waals surface area (Å²) in [6, 6.07) is 1.66. The van der Waals surface area contributed by atoms with Gasteiger partial charge in [0.05, 0.1) is 5.56 Å². The van der Waals surface area contributed by atoms with Crippen LogP contribution in [-0.4, -0.2) is 22.3 Å². The van der Waals surface area contributed by atoms with Crippen LogP contribution < -0.4 is 0 Å². The molecular formula is C27H38O4. The second kappa shape index (κ2) is 10.4. The fourth-order valence-electron chi connectivity index (χ4n) is 5.15. The minimum Gasteiger partial charge on any atom is -0.507 e. The normalized spacial score (nSPS) is 22.1. The summed E-state index contributed by atoms with van der Waals surface area (Å²) >= 11 is 0. The van der Waals surface area contributed by atoms with E-state index in [4.69, 9.17) is 4.74 Å². The summed E-state index contributed by atoms with van der Waals surface area (Å²) in [6.07, 6.45) is 11.4. The number of benzene rings is 1. The SMILES string of the molecule is C=C(C)C[C@@H]1CCC(C)C=C1c1c(O)cc(CCC)c(C(=O)OC2CCCCC2)c1O. The molecule has 0 saturated heterocycles. The van der Waals surface area contributed by atoms with Crippen molar-refractivity contribution in [3.63, 3.8) is 0 Å². The van der Waals surface area contributed by atoms with Crippen molar-refractivity contribution in [3.05, 3.63) is 41.0 Å². The van der Waals surface area contributed by atoms with Crippen molar-refractivity contribution in [2.24, 2.45) is 11.8 Å². The lowest BCUT2D eigenvalue weighted by Gasteiger charge is -2.30. The first-order valence-electron chi connectivity index (χ1n) is 12.0. The molecule has 0 heterocycles. The lowest BCUT2D eigenvalue weighted by atomic mass is 9.76. The van der Waals surface area contributed by atoms with Gasteiger partial charge in [-0.25, -0.2) is 4.79 Å². The van der Waals surface area contributed by atoms with Gasteiger partial charge in [0.1, 0.15) is 23.2 Å². The van der Waals surface area contributed by atoms with E-state index in [1.165, 1.54) is 6.42 Å². The predicted molar refractivity (Wildman–Crippen MR) is 125 cm³/mol. The molecule has 1 aromatic carbocycles. The van der Waals surface area contributed by atoms with Crippen LogP contribution in [0.15, 0.2) is 24.3 Å². The average molecular weight is 427 g/mol. The van der Waals surface area contributed by atoms with Gasteiger partial charge in [0.15, 0.2) is 0 Å². The molecule has 4 heteroatoms. The number of phenols is 2. The molecule has 4 nitrogen and oxygen atoms in total. The first-order chi connectivity index (χ1) is 14.8. The van der Waals surface area contributed by atoms with E-state index in [1.807, 2.05) is 13.8 Å². The molecule has 0 aliphatic heterocycles. The third kappa shape index (κ3) is 5.53. The van der Waals surface area contributed by atoms with Crippen molar-refractivity contribution in [1.82, 2.24) is 0 Å². The Bertz CT molecular complexity index is 845. The summed E-state index contributed by atoms with van der Waals surface area (Å²) < 4.78 is 5.83. The molecule has 170 valence electrons. The smallest absolute Gasteiger partial charge is 0.342 e. The van der Waals surface area contributed by atoms with Gasteiger partial charge in [-0.05, 0) is 87.3 Å². The van der Waals surface area contributed by atoms with E-state index in [2.05, 4.69) is 19.6 Å². The number of carbonyl (C=O) groups excluding carboxylic acids is 1. The van der Waals surface area contributed by atoms with Crippen LogP contribution in [0.1, 0.15) is 100 Å². The largest absolute Gasteiger partial charge is 0.507 e. The Hall–Kier alpha value is -2.23. The van der Waals surface area contributed by atoms with Crippen LogP contribution in [0.2, 0.25) is 0 Å². The maximum Gasteiger partial charge on any atom is 0.342 e. The fourth-order valence-corrected chi connectivity index (χ4v) is 5.15. The molecule has 2 aliphatic carbocycles. The lowest BCUT2D eigenvalue weighted by Crippen LogP contribution is -2.22. The molecule has 2 N–H and O–H groups in total. The summed E-state index contributed by atoms with van der Waals surface area (Å²) in [7, 11) is 0. The molecule has 3 rings (SSSR count). The Morgan fingerprint density at radius 2 is 1.87 bits per heavy atom. The number of hydrogen-bond donors (Lipinski definition) is 2. The van der Waals surface area contributed by atoms with Crippen molar-refractivity contribution in [2.45, 2.75) is 91.1 Å². The predicted octanol–water partition coefficient (Wildman–Crippen LogP) is 6.94. The summed E-state index contributed by atoms with van der Waals surface area (Å²) in [5, 5.41) is 22.3.